The summed E-state index contributed by atoms with van der Waals surface area (Å²) in [5, 5.41) is 18.9. The summed E-state index contributed by atoms with van der Waals surface area (Å²) >= 11 is 5.52. The third-order valence-electron chi connectivity index (χ3n) is 1.40. The third-order valence-corrected chi connectivity index (χ3v) is 1.60. The van der Waals surface area contributed by atoms with Crippen LogP contribution in [0.3, 0.4) is 0 Å². The Balaban J connectivity index is 2.78. The Morgan fingerprint density at radius 3 is 3.00 bits per heavy atom. The largest absolute Gasteiger partial charge is 0.479 e. The molecule has 8 nitrogen and oxygen atoms in total. The van der Waals surface area contributed by atoms with Crippen molar-refractivity contribution in [1.82, 2.24) is 4.98 Å². The van der Waals surface area contributed by atoms with Crippen LogP contribution in [0.1, 0.15) is 0 Å². The molecule has 0 atom stereocenters. The van der Waals surface area contributed by atoms with Gasteiger partial charge >= 0.3 is 11.7 Å². The van der Waals surface area contributed by atoms with Crippen LogP contribution in [0, 0.1) is 10.1 Å². The number of anilines is 1. The van der Waals surface area contributed by atoms with Gasteiger partial charge in [0.2, 0.25) is 5.82 Å². The van der Waals surface area contributed by atoms with E-state index in [9.17, 15) is 14.9 Å². The number of carbonyl (C=O) groups is 1. The first-order chi connectivity index (χ1) is 7.50. The number of halogens is 1. The molecule has 0 aliphatic rings. The highest BCUT2D eigenvalue weighted by molar-refractivity contribution is 6.30. The molecule has 16 heavy (non-hydrogen) atoms. The number of nitrogens with zero attached hydrogens (tertiary/aromatic N) is 2. The number of hydrogen-bond donors (Lipinski definition) is 2. The van der Waals surface area contributed by atoms with Crippen molar-refractivity contribution >= 4 is 29.1 Å². The number of pyridine rings is 1. The van der Waals surface area contributed by atoms with Gasteiger partial charge in [-0.15, -0.1) is 0 Å². The van der Waals surface area contributed by atoms with Crippen LogP contribution in [-0.4, -0.2) is 27.6 Å². The van der Waals surface area contributed by atoms with E-state index in [1.54, 1.807) is 0 Å². The molecule has 2 N–H and O–H groups in total. The van der Waals surface area contributed by atoms with Gasteiger partial charge in [0.1, 0.15) is 0 Å². The first-order valence-electron chi connectivity index (χ1n) is 3.90. The Morgan fingerprint density at radius 1 is 1.75 bits per heavy atom. The van der Waals surface area contributed by atoms with Crippen molar-refractivity contribution in [3.63, 3.8) is 0 Å². The maximum atomic E-state index is 10.6. The SMILES string of the molecule is O=C(O)CONc1ncc(Cl)cc1[N+](=O)[O-]. The normalized spacial score (nSPS) is 9.81. The summed E-state index contributed by atoms with van der Waals surface area (Å²) in [7, 11) is 0. The zero-order chi connectivity index (χ0) is 12.1. The quantitative estimate of drug-likeness (QED) is 0.591. The summed E-state index contributed by atoms with van der Waals surface area (Å²) in [5.74, 6) is -1.43. The molecule has 0 fully saturated rings. The minimum atomic E-state index is -1.22. The van der Waals surface area contributed by atoms with Gasteiger partial charge in [0.15, 0.2) is 6.61 Å². The molecule has 0 radical (unpaired) electrons. The summed E-state index contributed by atoms with van der Waals surface area (Å²) in [4.78, 5) is 28.0. The Morgan fingerprint density at radius 2 is 2.44 bits per heavy atom. The van der Waals surface area contributed by atoms with Gasteiger partial charge in [-0.05, 0) is 0 Å². The molecule has 0 aliphatic heterocycles. The van der Waals surface area contributed by atoms with Gasteiger partial charge in [-0.2, -0.15) is 0 Å². The zero-order valence-electron chi connectivity index (χ0n) is 7.71. The molecular weight excluding hydrogens is 242 g/mol. The lowest BCUT2D eigenvalue weighted by Crippen LogP contribution is -2.12. The van der Waals surface area contributed by atoms with Crippen LogP contribution >= 0.6 is 11.6 Å². The fourth-order valence-electron chi connectivity index (χ4n) is 0.813. The second-order valence-electron chi connectivity index (χ2n) is 2.56. The van der Waals surface area contributed by atoms with E-state index in [1.165, 1.54) is 6.20 Å². The van der Waals surface area contributed by atoms with E-state index in [0.29, 0.717) is 0 Å². The minimum absolute atomic E-state index is 0.0930. The van der Waals surface area contributed by atoms with E-state index < -0.39 is 23.2 Å². The summed E-state index contributed by atoms with van der Waals surface area (Å²) in [5.41, 5.74) is 1.66. The molecule has 1 heterocycles. The van der Waals surface area contributed by atoms with Gasteiger partial charge in [0, 0.05) is 12.3 Å². The molecule has 0 bridgehead atoms. The predicted molar refractivity (Wildman–Crippen MR) is 53.1 cm³/mol. The van der Waals surface area contributed by atoms with Crippen LogP contribution < -0.4 is 5.48 Å². The number of hydrogen-bond acceptors (Lipinski definition) is 6. The Kier molecular flexibility index (Phi) is 3.97. The average molecular weight is 248 g/mol. The number of nitrogens with one attached hydrogen (secondary N) is 1. The van der Waals surface area contributed by atoms with Gasteiger partial charge < -0.3 is 5.11 Å². The summed E-state index contributed by atoms with van der Waals surface area (Å²) < 4.78 is 0. The van der Waals surface area contributed by atoms with Crippen LogP contribution in [-0.2, 0) is 9.63 Å². The first kappa shape index (κ1) is 12.1. The van der Waals surface area contributed by atoms with Crippen molar-refractivity contribution in [1.29, 1.82) is 0 Å². The Hall–Kier alpha value is -1.93. The Bertz CT molecular complexity index is 424. The molecule has 0 unspecified atom stereocenters. The van der Waals surface area contributed by atoms with Crippen molar-refractivity contribution in [2.75, 3.05) is 12.1 Å². The van der Waals surface area contributed by atoms with Crippen molar-refractivity contribution in [3.8, 4) is 0 Å². The summed E-state index contributed by atoms with van der Waals surface area (Å²) in [6.45, 7) is -0.651. The van der Waals surface area contributed by atoms with Crippen LogP contribution in [0.15, 0.2) is 12.3 Å². The van der Waals surface area contributed by atoms with Crippen molar-refractivity contribution in [3.05, 3.63) is 27.4 Å². The molecule has 0 aromatic carbocycles. The van der Waals surface area contributed by atoms with Gasteiger partial charge in [-0.1, -0.05) is 11.6 Å². The number of nitro groups is 1. The third kappa shape index (κ3) is 3.33. The molecule has 9 heteroatoms. The monoisotopic (exact) mass is 247 g/mol. The van der Waals surface area contributed by atoms with Crippen LogP contribution in [0.25, 0.3) is 0 Å². The molecule has 0 amide bonds. The molecule has 1 aromatic heterocycles. The first-order valence-corrected chi connectivity index (χ1v) is 4.28. The van der Waals surface area contributed by atoms with Crippen LogP contribution in [0.4, 0.5) is 11.5 Å². The average Bonchev–Trinajstić information content (AvgIpc) is 2.19. The smallest absolute Gasteiger partial charge is 0.332 e. The fraction of sp³-hybridized carbons (Fsp3) is 0.143. The van der Waals surface area contributed by atoms with Crippen LogP contribution in [0.2, 0.25) is 5.02 Å². The predicted octanol–water partition coefficient (Wildman–Crippen LogP) is 1.07. The van der Waals surface area contributed by atoms with E-state index in [2.05, 4.69) is 15.3 Å². The number of rotatable bonds is 5. The van der Waals surface area contributed by atoms with Gasteiger partial charge in [-0.3, -0.25) is 15.0 Å². The maximum absolute atomic E-state index is 10.6. The van der Waals surface area contributed by atoms with E-state index in [4.69, 9.17) is 16.7 Å². The topological polar surface area (TPSA) is 115 Å². The van der Waals surface area contributed by atoms with Crippen molar-refractivity contribution < 1.29 is 19.7 Å². The second-order valence-corrected chi connectivity index (χ2v) is 3.00. The summed E-state index contributed by atoms with van der Waals surface area (Å²) in [6, 6.07) is 1.07. The highest BCUT2D eigenvalue weighted by Crippen LogP contribution is 2.24. The molecular formula is C7H6ClN3O5. The molecule has 0 saturated heterocycles. The number of aliphatic carboxylic acids is 1. The number of aromatic nitrogens is 1. The van der Waals surface area contributed by atoms with E-state index in [-0.39, 0.29) is 10.8 Å². The zero-order valence-corrected chi connectivity index (χ0v) is 8.47. The summed E-state index contributed by atoms with van der Waals surface area (Å²) in [6.07, 6.45) is 1.17. The molecule has 0 aliphatic carbocycles. The molecule has 0 saturated carbocycles. The van der Waals surface area contributed by atoms with Crippen molar-refractivity contribution in [2.24, 2.45) is 0 Å². The molecule has 1 aromatic rings. The molecule has 86 valence electrons. The highest BCUT2D eigenvalue weighted by Gasteiger charge is 2.16. The van der Waals surface area contributed by atoms with Gasteiger partial charge in [-0.25, -0.2) is 15.3 Å². The lowest BCUT2D eigenvalue weighted by Gasteiger charge is -2.04. The lowest BCUT2D eigenvalue weighted by atomic mass is 10.4. The van der Waals surface area contributed by atoms with Gasteiger partial charge in [0.25, 0.3) is 0 Å². The van der Waals surface area contributed by atoms with E-state index >= 15 is 0 Å². The number of carboxylic acids is 1. The lowest BCUT2D eigenvalue weighted by molar-refractivity contribution is -0.384. The number of carboxylic acid groups (broad SMARTS) is 1. The van der Waals surface area contributed by atoms with Gasteiger partial charge in [0.05, 0.1) is 9.95 Å². The van der Waals surface area contributed by atoms with Crippen molar-refractivity contribution in [2.45, 2.75) is 0 Å². The Labute approximate surface area is 93.9 Å². The highest BCUT2D eigenvalue weighted by atomic mass is 35.5. The second kappa shape index (κ2) is 5.24. The standard InChI is InChI=1S/C7H6ClN3O5/c8-4-1-5(11(14)15)7(9-2-4)10-16-3-6(12)13/h1-2H,3H2,(H,9,10)(H,12,13). The fourth-order valence-corrected chi connectivity index (χ4v) is 0.965. The van der Waals surface area contributed by atoms with E-state index in [1.807, 2.05) is 0 Å². The minimum Gasteiger partial charge on any atom is -0.479 e. The van der Waals surface area contributed by atoms with E-state index in [0.717, 1.165) is 6.07 Å². The molecule has 1 rings (SSSR count). The maximum Gasteiger partial charge on any atom is 0.332 e. The van der Waals surface area contributed by atoms with Crippen LogP contribution in [0.5, 0.6) is 0 Å². The molecule has 0 spiro atoms.